The number of benzene rings is 2. The monoisotopic (exact) mass is 283 g/mol. The van der Waals surface area contributed by atoms with Crippen molar-refractivity contribution in [2.24, 2.45) is 0 Å². The van der Waals surface area contributed by atoms with Crippen molar-refractivity contribution in [2.75, 3.05) is 6.54 Å². The van der Waals surface area contributed by atoms with Crippen molar-refractivity contribution >= 4 is 5.91 Å². The highest BCUT2D eigenvalue weighted by molar-refractivity contribution is 5.94. The molecule has 1 atom stereocenters. The van der Waals surface area contributed by atoms with Crippen LogP contribution >= 0.6 is 0 Å². The molecule has 21 heavy (non-hydrogen) atoms. The first kappa shape index (κ1) is 13.8. The number of carbonyl (C=O) groups excluding carboxylic acids is 1. The van der Waals surface area contributed by atoms with E-state index in [2.05, 4.69) is 12.1 Å². The molecule has 1 amide bonds. The van der Waals surface area contributed by atoms with Gasteiger partial charge in [0.05, 0.1) is 6.04 Å². The van der Waals surface area contributed by atoms with E-state index in [0.29, 0.717) is 17.7 Å². The molecule has 3 heteroatoms. The lowest BCUT2D eigenvalue weighted by Gasteiger charge is -2.35. The second kappa shape index (κ2) is 5.32. The first-order valence-corrected chi connectivity index (χ1v) is 7.23. The van der Waals surface area contributed by atoms with Crippen molar-refractivity contribution in [3.05, 3.63) is 70.5 Å². The average molecular weight is 283 g/mol. The maximum Gasteiger partial charge on any atom is 0.254 e. The summed E-state index contributed by atoms with van der Waals surface area (Å²) < 4.78 is 13.7. The summed E-state index contributed by atoms with van der Waals surface area (Å²) in [7, 11) is 0. The Bertz CT molecular complexity index is 695. The number of aryl methyl sites for hydroxylation is 1. The largest absolute Gasteiger partial charge is 0.332 e. The maximum absolute atomic E-state index is 13.7. The van der Waals surface area contributed by atoms with Crippen LogP contribution in [-0.4, -0.2) is 17.4 Å². The SMILES string of the molecule is Cc1ccc(C(=O)N2CCc3ccccc3[C@H]2C)cc1F. The molecular formula is C18H18FNO. The van der Waals surface area contributed by atoms with Gasteiger partial charge in [-0.15, -0.1) is 0 Å². The van der Waals surface area contributed by atoms with E-state index in [4.69, 9.17) is 0 Å². The third-order valence-electron chi connectivity index (χ3n) is 4.27. The fourth-order valence-electron chi connectivity index (χ4n) is 2.94. The summed E-state index contributed by atoms with van der Waals surface area (Å²) in [5.41, 5.74) is 3.46. The molecule has 0 aromatic heterocycles. The van der Waals surface area contributed by atoms with Crippen LogP contribution < -0.4 is 0 Å². The molecule has 1 heterocycles. The molecule has 0 saturated carbocycles. The summed E-state index contributed by atoms with van der Waals surface area (Å²) in [6, 6.07) is 12.9. The van der Waals surface area contributed by atoms with Gasteiger partial charge >= 0.3 is 0 Å². The Morgan fingerprint density at radius 1 is 1.24 bits per heavy atom. The minimum atomic E-state index is -0.328. The molecule has 0 spiro atoms. The number of rotatable bonds is 1. The Hall–Kier alpha value is -2.16. The molecule has 2 aromatic rings. The number of nitrogens with zero attached hydrogens (tertiary/aromatic N) is 1. The molecular weight excluding hydrogens is 265 g/mol. The molecule has 108 valence electrons. The number of amides is 1. The standard InChI is InChI=1S/C18H18FNO/c1-12-7-8-15(11-17(12)19)18(21)20-10-9-14-5-3-4-6-16(14)13(20)2/h3-8,11,13H,9-10H2,1-2H3/t13-/m1/s1. The highest BCUT2D eigenvalue weighted by Gasteiger charge is 2.28. The first-order chi connectivity index (χ1) is 10.1. The van der Waals surface area contributed by atoms with E-state index in [1.165, 1.54) is 17.2 Å². The number of fused-ring (bicyclic) bond motifs is 1. The van der Waals surface area contributed by atoms with Gasteiger partial charge in [-0.05, 0) is 49.1 Å². The topological polar surface area (TPSA) is 20.3 Å². The summed E-state index contributed by atoms with van der Waals surface area (Å²) in [6.07, 6.45) is 0.848. The van der Waals surface area contributed by atoms with Crippen molar-refractivity contribution in [1.29, 1.82) is 0 Å². The van der Waals surface area contributed by atoms with E-state index in [0.717, 1.165) is 6.42 Å². The predicted molar refractivity (Wildman–Crippen MR) is 80.7 cm³/mol. The van der Waals surface area contributed by atoms with Crippen LogP contribution in [0.2, 0.25) is 0 Å². The van der Waals surface area contributed by atoms with Crippen LogP contribution in [0.25, 0.3) is 0 Å². The number of hydrogen-bond donors (Lipinski definition) is 0. The molecule has 2 aromatic carbocycles. The first-order valence-electron chi connectivity index (χ1n) is 7.23. The van der Waals surface area contributed by atoms with Gasteiger partial charge in [-0.1, -0.05) is 30.3 Å². The molecule has 0 radical (unpaired) electrons. The smallest absolute Gasteiger partial charge is 0.254 e. The molecule has 0 aliphatic carbocycles. The van der Waals surface area contributed by atoms with Gasteiger partial charge in [0.1, 0.15) is 5.82 Å². The zero-order chi connectivity index (χ0) is 15.0. The quantitative estimate of drug-likeness (QED) is 0.777. The van der Waals surface area contributed by atoms with Crippen LogP contribution in [-0.2, 0) is 6.42 Å². The Balaban J connectivity index is 1.91. The molecule has 2 nitrogen and oxygen atoms in total. The van der Waals surface area contributed by atoms with E-state index in [1.54, 1.807) is 19.1 Å². The van der Waals surface area contributed by atoms with Gasteiger partial charge in [0.15, 0.2) is 0 Å². The highest BCUT2D eigenvalue weighted by Crippen LogP contribution is 2.30. The van der Waals surface area contributed by atoms with Gasteiger partial charge in [0.25, 0.3) is 5.91 Å². The van der Waals surface area contributed by atoms with Crippen LogP contribution in [0.1, 0.15) is 40.0 Å². The maximum atomic E-state index is 13.7. The molecule has 3 rings (SSSR count). The fraction of sp³-hybridized carbons (Fsp3) is 0.278. The lowest BCUT2D eigenvalue weighted by Crippen LogP contribution is -2.38. The van der Waals surface area contributed by atoms with Crippen molar-refractivity contribution in [3.8, 4) is 0 Å². The predicted octanol–water partition coefficient (Wildman–Crippen LogP) is 3.89. The van der Waals surface area contributed by atoms with Crippen molar-refractivity contribution in [2.45, 2.75) is 26.3 Å². The lowest BCUT2D eigenvalue weighted by molar-refractivity contribution is 0.0677. The highest BCUT2D eigenvalue weighted by atomic mass is 19.1. The normalized spacial score (nSPS) is 17.5. The van der Waals surface area contributed by atoms with Gasteiger partial charge < -0.3 is 4.90 Å². The summed E-state index contributed by atoms with van der Waals surface area (Å²) in [4.78, 5) is 14.5. The number of halogens is 1. The molecule has 1 aliphatic rings. The minimum Gasteiger partial charge on any atom is -0.332 e. The Labute approximate surface area is 124 Å². The van der Waals surface area contributed by atoms with Crippen LogP contribution in [0.4, 0.5) is 4.39 Å². The second-order valence-electron chi connectivity index (χ2n) is 5.59. The van der Waals surface area contributed by atoms with Crippen LogP contribution in [0.3, 0.4) is 0 Å². The Kier molecular flexibility index (Phi) is 3.50. The van der Waals surface area contributed by atoms with Crippen LogP contribution in [0, 0.1) is 12.7 Å². The van der Waals surface area contributed by atoms with Gasteiger partial charge in [-0.25, -0.2) is 4.39 Å². The Morgan fingerprint density at radius 3 is 2.76 bits per heavy atom. The van der Waals surface area contributed by atoms with E-state index in [9.17, 15) is 9.18 Å². The summed E-state index contributed by atoms with van der Waals surface area (Å²) in [5.74, 6) is -0.429. The molecule has 0 bridgehead atoms. The fourth-order valence-corrected chi connectivity index (χ4v) is 2.94. The number of hydrogen-bond acceptors (Lipinski definition) is 1. The summed E-state index contributed by atoms with van der Waals surface area (Å²) in [5, 5.41) is 0. The van der Waals surface area contributed by atoms with Crippen LogP contribution in [0.5, 0.6) is 0 Å². The number of carbonyl (C=O) groups is 1. The third-order valence-corrected chi connectivity index (χ3v) is 4.27. The zero-order valence-corrected chi connectivity index (χ0v) is 12.3. The van der Waals surface area contributed by atoms with E-state index >= 15 is 0 Å². The van der Waals surface area contributed by atoms with Gasteiger partial charge in [0.2, 0.25) is 0 Å². The van der Waals surface area contributed by atoms with E-state index < -0.39 is 0 Å². The minimum absolute atomic E-state index is 0.0202. The molecule has 0 N–H and O–H groups in total. The molecule has 1 aliphatic heterocycles. The van der Waals surface area contributed by atoms with Crippen molar-refractivity contribution in [1.82, 2.24) is 4.90 Å². The third kappa shape index (κ3) is 2.44. The summed E-state index contributed by atoms with van der Waals surface area (Å²) >= 11 is 0. The average Bonchev–Trinajstić information content (AvgIpc) is 2.50. The van der Waals surface area contributed by atoms with Crippen LogP contribution in [0.15, 0.2) is 42.5 Å². The van der Waals surface area contributed by atoms with Gasteiger partial charge in [-0.3, -0.25) is 4.79 Å². The van der Waals surface area contributed by atoms with Crippen molar-refractivity contribution < 1.29 is 9.18 Å². The van der Waals surface area contributed by atoms with E-state index in [1.807, 2.05) is 24.0 Å². The second-order valence-corrected chi connectivity index (χ2v) is 5.59. The van der Waals surface area contributed by atoms with Gasteiger partial charge in [0, 0.05) is 12.1 Å². The molecule has 0 fully saturated rings. The Morgan fingerprint density at radius 2 is 2.00 bits per heavy atom. The van der Waals surface area contributed by atoms with Gasteiger partial charge in [-0.2, -0.15) is 0 Å². The molecule has 0 unspecified atom stereocenters. The molecule has 0 saturated heterocycles. The zero-order valence-electron chi connectivity index (χ0n) is 12.3. The van der Waals surface area contributed by atoms with Crippen molar-refractivity contribution in [3.63, 3.8) is 0 Å². The van der Waals surface area contributed by atoms with E-state index in [-0.39, 0.29) is 17.8 Å². The lowest BCUT2D eigenvalue weighted by atomic mass is 9.93. The summed E-state index contributed by atoms with van der Waals surface area (Å²) in [6.45, 7) is 4.40.